The van der Waals surface area contributed by atoms with Gasteiger partial charge in [-0.3, -0.25) is 0 Å². The first-order chi connectivity index (χ1) is 17.0. The number of nitrogens with one attached hydrogen (secondary N) is 3. The molecule has 0 aliphatic heterocycles. The van der Waals surface area contributed by atoms with Crippen molar-refractivity contribution in [2.24, 2.45) is 5.10 Å². The van der Waals surface area contributed by atoms with Gasteiger partial charge < -0.3 is 20.1 Å². The first-order valence-electron chi connectivity index (χ1n) is 11.0. The minimum absolute atomic E-state index is 0.273. The summed E-state index contributed by atoms with van der Waals surface area (Å²) in [4.78, 5) is 13.5. The predicted octanol–water partition coefficient (Wildman–Crippen LogP) is 5.44. The molecule has 0 spiro atoms. The number of aromatic nitrogens is 3. The van der Waals surface area contributed by atoms with Crippen molar-refractivity contribution >= 4 is 35.4 Å². The average Bonchev–Trinajstić information content (AvgIpc) is 2.86. The van der Waals surface area contributed by atoms with Gasteiger partial charge in [0.05, 0.1) is 20.4 Å². The van der Waals surface area contributed by atoms with Crippen LogP contribution in [0.3, 0.4) is 0 Å². The summed E-state index contributed by atoms with van der Waals surface area (Å²) in [6.07, 6.45) is 1.63. The van der Waals surface area contributed by atoms with Gasteiger partial charge in [-0.25, -0.2) is 5.43 Å². The molecule has 178 valence electrons. The summed E-state index contributed by atoms with van der Waals surface area (Å²) < 4.78 is 10.7. The Balaban J connectivity index is 1.60. The van der Waals surface area contributed by atoms with E-state index < -0.39 is 0 Å². The van der Waals surface area contributed by atoms with Crippen LogP contribution < -0.4 is 25.5 Å². The molecule has 1 heterocycles. The maximum atomic E-state index is 5.42. The summed E-state index contributed by atoms with van der Waals surface area (Å²) in [6.45, 7) is 4.09. The van der Waals surface area contributed by atoms with Crippen molar-refractivity contribution in [2.45, 2.75) is 13.8 Å². The van der Waals surface area contributed by atoms with Crippen molar-refractivity contribution in [1.82, 2.24) is 15.0 Å². The lowest BCUT2D eigenvalue weighted by Crippen LogP contribution is -2.07. The fraction of sp³-hybridized carbons (Fsp3) is 0.154. The lowest BCUT2D eigenvalue weighted by Gasteiger charge is -2.12. The van der Waals surface area contributed by atoms with Gasteiger partial charge in [-0.05, 0) is 49.7 Å². The van der Waals surface area contributed by atoms with Crippen molar-refractivity contribution in [2.75, 3.05) is 30.3 Å². The van der Waals surface area contributed by atoms with Crippen molar-refractivity contribution in [1.29, 1.82) is 0 Å². The fourth-order valence-electron chi connectivity index (χ4n) is 3.35. The third-order valence-electron chi connectivity index (χ3n) is 5.10. The molecule has 4 aromatic rings. The van der Waals surface area contributed by atoms with Gasteiger partial charge in [0.25, 0.3) is 0 Å². The molecule has 4 rings (SSSR count). The molecule has 0 fully saturated rings. The number of hydrazone groups is 1. The zero-order chi connectivity index (χ0) is 24.6. The van der Waals surface area contributed by atoms with Gasteiger partial charge in [0.15, 0.2) is 0 Å². The summed E-state index contributed by atoms with van der Waals surface area (Å²) in [5, 5.41) is 10.8. The number of aryl methyl sites for hydroxylation is 2. The summed E-state index contributed by atoms with van der Waals surface area (Å²) in [7, 11) is 3.20. The Morgan fingerprint density at radius 1 is 0.771 bits per heavy atom. The standard InChI is InChI=1S/C26H27N7O2/c1-17-10-13-22(18(2)14-17)29-25-30-24(28-20-8-6-5-7-9-20)31-26(32-25)33-27-16-19-11-12-21(34-3)15-23(19)35-4/h5-16H,1-4H3,(H3,28,29,30,31,32,33)/b27-16+. The van der Waals surface area contributed by atoms with Gasteiger partial charge >= 0.3 is 0 Å². The van der Waals surface area contributed by atoms with E-state index in [9.17, 15) is 0 Å². The molecule has 0 bridgehead atoms. The predicted molar refractivity (Wildman–Crippen MR) is 140 cm³/mol. The Hall–Kier alpha value is -4.66. The van der Waals surface area contributed by atoms with E-state index in [4.69, 9.17) is 9.47 Å². The van der Waals surface area contributed by atoms with Gasteiger partial charge in [0.1, 0.15) is 11.5 Å². The molecular weight excluding hydrogens is 442 g/mol. The van der Waals surface area contributed by atoms with Crippen molar-refractivity contribution in [3.05, 3.63) is 83.4 Å². The first-order valence-corrected chi connectivity index (χ1v) is 11.0. The van der Waals surface area contributed by atoms with E-state index in [2.05, 4.69) is 49.1 Å². The molecule has 35 heavy (non-hydrogen) atoms. The minimum Gasteiger partial charge on any atom is -0.497 e. The van der Waals surface area contributed by atoms with Crippen molar-refractivity contribution in [3.63, 3.8) is 0 Å². The Morgan fingerprint density at radius 3 is 2.23 bits per heavy atom. The molecule has 3 N–H and O–H groups in total. The van der Waals surface area contributed by atoms with Crippen LogP contribution in [0.25, 0.3) is 0 Å². The molecule has 0 radical (unpaired) electrons. The highest BCUT2D eigenvalue weighted by Crippen LogP contribution is 2.24. The lowest BCUT2D eigenvalue weighted by atomic mass is 10.1. The van der Waals surface area contributed by atoms with Gasteiger partial charge in [0, 0.05) is 23.0 Å². The molecule has 0 atom stereocenters. The smallest absolute Gasteiger partial charge is 0.250 e. The van der Waals surface area contributed by atoms with E-state index in [0.29, 0.717) is 23.4 Å². The molecule has 3 aromatic carbocycles. The number of anilines is 5. The second-order valence-electron chi connectivity index (χ2n) is 7.72. The van der Waals surface area contributed by atoms with Crippen LogP contribution in [0.4, 0.5) is 29.2 Å². The molecule has 9 nitrogen and oxygen atoms in total. The van der Waals surface area contributed by atoms with E-state index in [0.717, 1.165) is 22.5 Å². The van der Waals surface area contributed by atoms with E-state index in [1.165, 1.54) is 5.56 Å². The minimum atomic E-state index is 0.273. The van der Waals surface area contributed by atoms with Gasteiger partial charge in [-0.15, -0.1) is 0 Å². The Morgan fingerprint density at radius 2 is 1.51 bits per heavy atom. The highest BCUT2D eigenvalue weighted by molar-refractivity contribution is 5.84. The number of hydrogen-bond acceptors (Lipinski definition) is 9. The monoisotopic (exact) mass is 469 g/mol. The highest BCUT2D eigenvalue weighted by atomic mass is 16.5. The summed E-state index contributed by atoms with van der Waals surface area (Å²) in [5.41, 5.74) is 7.69. The van der Waals surface area contributed by atoms with Crippen LogP contribution in [0.15, 0.2) is 71.8 Å². The van der Waals surface area contributed by atoms with Crippen LogP contribution in [0.2, 0.25) is 0 Å². The molecule has 9 heteroatoms. The normalized spacial score (nSPS) is 10.7. The summed E-state index contributed by atoms with van der Waals surface area (Å²) in [5.74, 6) is 2.36. The number of nitrogens with zero attached hydrogens (tertiary/aromatic N) is 4. The molecule has 0 amide bonds. The largest absolute Gasteiger partial charge is 0.497 e. The Bertz CT molecular complexity index is 1330. The van der Waals surface area contributed by atoms with Crippen LogP contribution in [0.1, 0.15) is 16.7 Å². The lowest BCUT2D eigenvalue weighted by molar-refractivity contribution is 0.394. The average molecular weight is 470 g/mol. The van der Waals surface area contributed by atoms with Gasteiger partial charge in [-0.2, -0.15) is 20.1 Å². The van der Waals surface area contributed by atoms with Crippen LogP contribution >= 0.6 is 0 Å². The second-order valence-corrected chi connectivity index (χ2v) is 7.72. The topological polar surface area (TPSA) is 106 Å². The van der Waals surface area contributed by atoms with E-state index in [1.807, 2.05) is 61.5 Å². The fourth-order valence-corrected chi connectivity index (χ4v) is 3.35. The van der Waals surface area contributed by atoms with E-state index >= 15 is 0 Å². The number of para-hydroxylation sites is 1. The molecule has 0 unspecified atom stereocenters. The molecule has 0 aliphatic rings. The SMILES string of the molecule is COc1ccc(/C=N/Nc2nc(Nc3ccccc3)nc(Nc3ccc(C)cc3C)n2)c(OC)c1. The summed E-state index contributed by atoms with van der Waals surface area (Å²) in [6, 6.07) is 21.3. The van der Waals surface area contributed by atoms with Crippen LogP contribution in [-0.4, -0.2) is 35.4 Å². The second kappa shape index (κ2) is 11.0. The van der Waals surface area contributed by atoms with E-state index in [-0.39, 0.29) is 5.95 Å². The molecule has 0 saturated carbocycles. The van der Waals surface area contributed by atoms with Gasteiger partial charge in [0.2, 0.25) is 17.8 Å². The zero-order valence-electron chi connectivity index (χ0n) is 20.0. The molecule has 1 aromatic heterocycles. The molecule has 0 saturated heterocycles. The number of rotatable bonds is 9. The van der Waals surface area contributed by atoms with E-state index in [1.54, 1.807) is 26.5 Å². The number of benzene rings is 3. The van der Waals surface area contributed by atoms with Crippen LogP contribution in [-0.2, 0) is 0 Å². The number of hydrogen-bond donors (Lipinski definition) is 3. The van der Waals surface area contributed by atoms with Gasteiger partial charge in [-0.1, -0.05) is 35.9 Å². The first kappa shape index (κ1) is 23.5. The molecule has 0 aliphatic carbocycles. The van der Waals surface area contributed by atoms with Crippen molar-refractivity contribution < 1.29 is 9.47 Å². The third-order valence-corrected chi connectivity index (χ3v) is 5.10. The quantitative estimate of drug-likeness (QED) is 0.220. The van der Waals surface area contributed by atoms with Crippen LogP contribution in [0, 0.1) is 13.8 Å². The number of ether oxygens (including phenoxy) is 2. The highest BCUT2D eigenvalue weighted by Gasteiger charge is 2.09. The van der Waals surface area contributed by atoms with Crippen LogP contribution in [0.5, 0.6) is 11.5 Å². The third kappa shape index (κ3) is 6.23. The Labute approximate surface area is 204 Å². The Kier molecular flexibility index (Phi) is 7.37. The zero-order valence-corrected chi connectivity index (χ0v) is 20.0. The van der Waals surface area contributed by atoms with Crippen molar-refractivity contribution in [3.8, 4) is 11.5 Å². The number of methoxy groups -OCH3 is 2. The molecular formula is C26H27N7O2. The maximum Gasteiger partial charge on any atom is 0.250 e. The maximum absolute atomic E-state index is 5.42. The summed E-state index contributed by atoms with van der Waals surface area (Å²) >= 11 is 0.